The van der Waals surface area contributed by atoms with Gasteiger partial charge in [-0.1, -0.05) is 12.2 Å². The van der Waals surface area contributed by atoms with Crippen LogP contribution in [-0.4, -0.2) is 23.4 Å². The Kier molecular flexibility index (Phi) is 25.3. The van der Waals surface area contributed by atoms with E-state index in [1.54, 1.807) is 12.2 Å². The van der Waals surface area contributed by atoms with Crippen molar-refractivity contribution in [2.75, 3.05) is 13.2 Å². The van der Waals surface area contributed by atoms with Gasteiger partial charge < -0.3 is 14.9 Å². The van der Waals surface area contributed by atoms with Gasteiger partial charge in [-0.3, -0.25) is 0 Å². The number of ether oxygens (including phenoxy) is 1. The van der Waals surface area contributed by atoms with Gasteiger partial charge in [0.15, 0.2) is 0 Å². The second kappa shape index (κ2) is 22.3. The molecular formula is C22H22Br10O3. The Balaban J connectivity index is 0. The van der Waals surface area contributed by atoms with Gasteiger partial charge in [-0.15, -0.1) is 13.2 Å². The van der Waals surface area contributed by atoms with Crippen molar-refractivity contribution in [3.63, 3.8) is 0 Å². The molecule has 2 N–H and O–H groups in total. The van der Waals surface area contributed by atoms with E-state index >= 15 is 0 Å². The summed E-state index contributed by atoms with van der Waals surface area (Å²) in [6, 6.07) is 0. The smallest absolute Gasteiger partial charge is 0.0744 e. The van der Waals surface area contributed by atoms with E-state index in [4.69, 9.17) is 14.9 Å². The fraction of sp³-hybridized carbons (Fsp3) is 0.273. The molecule has 2 aromatic carbocycles. The lowest BCUT2D eigenvalue weighted by molar-refractivity contribution is 0.105. The van der Waals surface area contributed by atoms with Gasteiger partial charge in [0.1, 0.15) is 0 Å². The molecule has 2 rings (SSSR count). The molecule has 0 saturated heterocycles. The standard InChI is InChI=1S/C14H4Br10O.2C3H6.C2H6O2/c15-5-3(6(16)10(20)13(23)9(5)19)1-25-2-4-7(17)11(21)14(24)12(22)8(4)18;2*1-3-2;3-1-2-4/h1-2H2;2*3H,1H2,2H3;3-4H,1-2H2. The first-order chi connectivity index (χ1) is 16.3. The maximum absolute atomic E-state index is 7.62. The van der Waals surface area contributed by atoms with Gasteiger partial charge in [0.05, 0.1) is 26.4 Å². The highest BCUT2D eigenvalue weighted by Gasteiger charge is 2.20. The zero-order valence-corrected chi connectivity index (χ0v) is 34.3. The topological polar surface area (TPSA) is 49.7 Å². The molecule has 0 saturated carbocycles. The quantitative estimate of drug-likeness (QED) is 0.178. The second-order valence-electron chi connectivity index (χ2n) is 5.85. The molecule has 13 heteroatoms. The average molecular weight is 1130 g/mol. The average Bonchev–Trinajstić information content (AvgIpc) is 2.84. The molecule has 0 aliphatic heterocycles. The van der Waals surface area contributed by atoms with Crippen LogP contribution in [-0.2, 0) is 18.0 Å². The summed E-state index contributed by atoms with van der Waals surface area (Å²) in [6.45, 7) is 11.1. The van der Waals surface area contributed by atoms with Crippen LogP contribution in [0.1, 0.15) is 25.0 Å². The first kappa shape index (κ1) is 39.7. The van der Waals surface area contributed by atoms with Crippen molar-refractivity contribution in [1.82, 2.24) is 0 Å². The van der Waals surface area contributed by atoms with Crippen LogP contribution in [0, 0.1) is 0 Å². The van der Waals surface area contributed by atoms with E-state index in [-0.39, 0.29) is 13.2 Å². The third kappa shape index (κ3) is 13.2. The summed E-state index contributed by atoms with van der Waals surface area (Å²) in [5.41, 5.74) is 2.01. The van der Waals surface area contributed by atoms with Gasteiger partial charge in [-0.25, -0.2) is 0 Å². The molecule has 0 spiro atoms. The van der Waals surface area contributed by atoms with Crippen LogP contribution in [0.15, 0.2) is 70.0 Å². The Labute approximate surface area is 291 Å². The maximum Gasteiger partial charge on any atom is 0.0744 e. The summed E-state index contributed by atoms with van der Waals surface area (Å²) in [4.78, 5) is 0. The highest BCUT2D eigenvalue weighted by atomic mass is 79.9. The molecular weight excluding hydrogens is 1110 g/mol. The van der Waals surface area contributed by atoms with Gasteiger partial charge in [0, 0.05) is 55.9 Å². The van der Waals surface area contributed by atoms with Crippen LogP contribution < -0.4 is 0 Å². The van der Waals surface area contributed by atoms with Crippen LogP contribution in [0.25, 0.3) is 0 Å². The van der Waals surface area contributed by atoms with Gasteiger partial charge in [-0.2, -0.15) is 0 Å². The fourth-order valence-corrected chi connectivity index (χ4v) is 8.52. The lowest BCUT2D eigenvalue weighted by atomic mass is 10.2. The minimum absolute atomic E-state index is 0.125. The molecule has 0 fully saturated rings. The van der Waals surface area contributed by atoms with Crippen LogP contribution >= 0.6 is 159 Å². The normalized spacial score (nSPS) is 9.66. The molecule has 0 amide bonds. The van der Waals surface area contributed by atoms with E-state index in [1.807, 2.05) is 13.8 Å². The Hall–Kier alpha value is 2.60. The van der Waals surface area contributed by atoms with Gasteiger partial charge >= 0.3 is 0 Å². The number of aliphatic hydroxyl groups excluding tert-OH is 2. The first-order valence-corrected chi connectivity index (χ1v) is 17.2. The molecule has 0 aliphatic carbocycles. The molecule has 35 heavy (non-hydrogen) atoms. The Morgan fingerprint density at radius 3 is 0.857 bits per heavy atom. The molecule has 0 heterocycles. The van der Waals surface area contributed by atoms with E-state index < -0.39 is 0 Å². The summed E-state index contributed by atoms with van der Waals surface area (Å²) >= 11 is 35.8. The van der Waals surface area contributed by atoms with E-state index in [2.05, 4.69) is 172 Å². The second-order valence-corrected chi connectivity index (χ2v) is 13.8. The number of halogens is 10. The van der Waals surface area contributed by atoms with E-state index in [9.17, 15) is 0 Å². The fourth-order valence-electron chi connectivity index (χ4n) is 1.81. The summed E-state index contributed by atoms with van der Waals surface area (Å²) in [7, 11) is 0. The van der Waals surface area contributed by atoms with Gasteiger partial charge in [-0.05, 0) is 173 Å². The van der Waals surface area contributed by atoms with Crippen molar-refractivity contribution >= 4 is 159 Å². The zero-order valence-electron chi connectivity index (χ0n) is 18.5. The SMILES string of the molecule is Brc1c(Br)c(Br)c(COCc2c(Br)c(Br)c(Br)c(Br)c2Br)c(Br)c1Br.C=CC.C=CC.OCCO. The Bertz CT molecular complexity index is 845. The van der Waals surface area contributed by atoms with Gasteiger partial charge in [0.2, 0.25) is 0 Å². The van der Waals surface area contributed by atoms with E-state index in [0.717, 1.165) is 55.9 Å². The van der Waals surface area contributed by atoms with Crippen LogP contribution in [0.4, 0.5) is 0 Å². The molecule has 2 aromatic rings. The lowest BCUT2D eigenvalue weighted by Gasteiger charge is -2.16. The summed E-state index contributed by atoms with van der Waals surface area (Å²) < 4.78 is 15.3. The Morgan fingerprint density at radius 1 is 0.514 bits per heavy atom. The monoisotopic (exact) mass is 1120 g/mol. The number of hydrogen-bond acceptors (Lipinski definition) is 3. The molecule has 0 atom stereocenters. The van der Waals surface area contributed by atoms with Crippen molar-refractivity contribution in [1.29, 1.82) is 0 Å². The van der Waals surface area contributed by atoms with Crippen LogP contribution in [0.5, 0.6) is 0 Å². The number of allylic oxidation sites excluding steroid dienone is 2. The number of benzene rings is 2. The van der Waals surface area contributed by atoms with Crippen molar-refractivity contribution < 1.29 is 14.9 Å². The van der Waals surface area contributed by atoms with Crippen molar-refractivity contribution in [2.45, 2.75) is 27.1 Å². The Morgan fingerprint density at radius 2 is 0.686 bits per heavy atom. The molecule has 198 valence electrons. The molecule has 0 unspecified atom stereocenters. The lowest BCUT2D eigenvalue weighted by Crippen LogP contribution is -2.00. The van der Waals surface area contributed by atoms with Crippen LogP contribution in [0.2, 0.25) is 0 Å². The highest BCUT2D eigenvalue weighted by Crippen LogP contribution is 2.46. The number of rotatable bonds is 5. The first-order valence-electron chi connectivity index (χ1n) is 9.28. The predicted octanol–water partition coefficient (Wildman–Crippen LogP) is 12.4. The van der Waals surface area contributed by atoms with E-state index in [1.165, 1.54) is 0 Å². The molecule has 0 aromatic heterocycles. The highest BCUT2D eigenvalue weighted by molar-refractivity contribution is 9.16. The molecule has 3 nitrogen and oxygen atoms in total. The molecule has 0 aliphatic rings. The third-order valence-electron chi connectivity index (χ3n) is 3.19. The predicted molar refractivity (Wildman–Crippen MR) is 184 cm³/mol. The largest absolute Gasteiger partial charge is 0.394 e. The van der Waals surface area contributed by atoms with Crippen molar-refractivity contribution in [3.05, 3.63) is 81.2 Å². The molecule has 0 radical (unpaired) electrons. The molecule has 0 bridgehead atoms. The third-order valence-corrected chi connectivity index (χ3v) is 15.7. The minimum atomic E-state index is -0.125. The van der Waals surface area contributed by atoms with Gasteiger partial charge in [0.25, 0.3) is 0 Å². The van der Waals surface area contributed by atoms with E-state index in [0.29, 0.717) is 13.2 Å². The number of aliphatic hydroxyl groups is 2. The number of hydrogen-bond donors (Lipinski definition) is 2. The summed E-state index contributed by atoms with van der Waals surface area (Å²) in [5.74, 6) is 0. The summed E-state index contributed by atoms with van der Waals surface area (Å²) in [6.07, 6.45) is 3.50. The minimum Gasteiger partial charge on any atom is -0.394 e. The summed E-state index contributed by atoms with van der Waals surface area (Å²) in [5, 5.41) is 15.2. The maximum atomic E-state index is 7.62. The van der Waals surface area contributed by atoms with Crippen molar-refractivity contribution in [2.24, 2.45) is 0 Å². The van der Waals surface area contributed by atoms with Crippen molar-refractivity contribution in [3.8, 4) is 0 Å². The van der Waals surface area contributed by atoms with Crippen LogP contribution in [0.3, 0.4) is 0 Å². The zero-order chi connectivity index (χ0) is 27.9.